The summed E-state index contributed by atoms with van der Waals surface area (Å²) in [5.41, 5.74) is 1.81. The van der Waals surface area contributed by atoms with E-state index in [0.717, 1.165) is 17.0 Å². The fourth-order valence-corrected chi connectivity index (χ4v) is 3.08. The van der Waals surface area contributed by atoms with Gasteiger partial charge in [-0.2, -0.15) is 0 Å². The molecule has 0 aromatic carbocycles. The van der Waals surface area contributed by atoms with Crippen molar-refractivity contribution in [3.63, 3.8) is 0 Å². The van der Waals surface area contributed by atoms with Crippen LogP contribution in [0.15, 0.2) is 24.5 Å². The topological polar surface area (TPSA) is 75.9 Å². The van der Waals surface area contributed by atoms with Crippen LogP contribution in [0.1, 0.15) is 42.8 Å². The molecule has 112 valence electrons. The van der Waals surface area contributed by atoms with E-state index in [4.69, 9.17) is 0 Å². The highest BCUT2D eigenvalue weighted by atomic mass is 16.3. The molecule has 3 heterocycles. The number of piperidine rings is 1. The van der Waals surface area contributed by atoms with Gasteiger partial charge >= 0.3 is 0 Å². The van der Waals surface area contributed by atoms with E-state index in [9.17, 15) is 5.11 Å². The summed E-state index contributed by atoms with van der Waals surface area (Å²) in [7, 11) is 1.85. The molecule has 0 spiro atoms. The maximum Gasteiger partial charge on any atom is 0.0997 e. The summed E-state index contributed by atoms with van der Waals surface area (Å²) in [5, 5.41) is 22.7. The first kappa shape index (κ1) is 14.2. The molecule has 0 aliphatic carbocycles. The number of rotatable bonds is 2. The molecule has 1 saturated heterocycles. The normalized spacial score (nSPS) is 29.5. The molecule has 2 aromatic heterocycles. The third-order valence-corrected chi connectivity index (χ3v) is 4.10. The molecule has 2 aromatic rings. The van der Waals surface area contributed by atoms with E-state index < -0.39 is 5.60 Å². The number of aryl methyl sites for hydroxylation is 2. The van der Waals surface area contributed by atoms with E-state index in [0.29, 0.717) is 12.8 Å². The third kappa shape index (κ3) is 2.82. The van der Waals surface area contributed by atoms with Gasteiger partial charge in [0.05, 0.1) is 17.3 Å². The van der Waals surface area contributed by atoms with Crippen LogP contribution in [-0.2, 0) is 12.6 Å². The smallest absolute Gasteiger partial charge is 0.0997 e. The van der Waals surface area contributed by atoms with Crippen LogP contribution in [0.2, 0.25) is 0 Å². The predicted octanol–water partition coefficient (Wildman–Crippen LogP) is 1.22. The largest absolute Gasteiger partial charge is 0.385 e. The number of aromatic nitrogens is 4. The van der Waals surface area contributed by atoms with Crippen molar-refractivity contribution in [3.05, 3.63) is 41.5 Å². The summed E-state index contributed by atoms with van der Waals surface area (Å²) in [6.07, 6.45) is 4.90. The zero-order chi connectivity index (χ0) is 15.0. The standard InChI is InChI=1S/C15H21N5O/c1-10-4-5-12(8-16-10)15(21)6-11(2)17-13(7-15)14-9-20(3)19-18-14/h4-5,8-9,11,13,17,21H,6-7H2,1-3H3/t11-,13-,15-/m0/s1. The summed E-state index contributed by atoms with van der Waals surface area (Å²) < 4.78 is 1.68. The zero-order valence-electron chi connectivity index (χ0n) is 12.6. The predicted molar refractivity (Wildman–Crippen MR) is 78.4 cm³/mol. The minimum absolute atomic E-state index is 0.00578. The average molecular weight is 287 g/mol. The van der Waals surface area contributed by atoms with Gasteiger partial charge in [0.1, 0.15) is 0 Å². The van der Waals surface area contributed by atoms with E-state index in [2.05, 4.69) is 27.5 Å². The lowest BCUT2D eigenvalue weighted by molar-refractivity contribution is -0.0238. The Balaban J connectivity index is 1.89. The van der Waals surface area contributed by atoms with Crippen LogP contribution in [0.4, 0.5) is 0 Å². The van der Waals surface area contributed by atoms with Crippen molar-refractivity contribution in [1.82, 2.24) is 25.3 Å². The molecule has 0 amide bonds. The minimum atomic E-state index is -0.881. The van der Waals surface area contributed by atoms with Gasteiger partial charge in [0, 0.05) is 43.2 Å². The highest BCUT2D eigenvalue weighted by molar-refractivity contribution is 5.23. The Bertz CT molecular complexity index is 623. The number of nitrogens with one attached hydrogen (secondary N) is 1. The minimum Gasteiger partial charge on any atom is -0.385 e. The molecule has 6 nitrogen and oxygen atoms in total. The van der Waals surface area contributed by atoms with Crippen LogP contribution in [0.25, 0.3) is 0 Å². The Labute approximate surface area is 124 Å². The Morgan fingerprint density at radius 3 is 2.81 bits per heavy atom. The van der Waals surface area contributed by atoms with Gasteiger partial charge in [0.2, 0.25) is 0 Å². The fourth-order valence-electron chi connectivity index (χ4n) is 3.08. The maximum absolute atomic E-state index is 11.1. The van der Waals surface area contributed by atoms with E-state index in [1.165, 1.54) is 0 Å². The highest BCUT2D eigenvalue weighted by Crippen LogP contribution is 2.39. The van der Waals surface area contributed by atoms with Gasteiger partial charge in [-0.3, -0.25) is 9.67 Å². The summed E-state index contributed by atoms with van der Waals surface area (Å²) in [4.78, 5) is 4.31. The summed E-state index contributed by atoms with van der Waals surface area (Å²) in [5.74, 6) is 0. The lowest BCUT2D eigenvalue weighted by atomic mass is 9.79. The monoisotopic (exact) mass is 287 g/mol. The molecular weight excluding hydrogens is 266 g/mol. The molecule has 1 aliphatic rings. The molecular formula is C15H21N5O. The van der Waals surface area contributed by atoms with Crippen molar-refractivity contribution in [3.8, 4) is 0 Å². The van der Waals surface area contributed by atoms with Crippen molar-refractivity contribution < 1.29 is 5.11 Å². The van der Waals surface area contributed by atoms with Crippen molar-refractivity contribution in [2.45, 2.75) is 44.4 Å². The van der Waals surface area contributed by atoms with Crippen molar-refractivity contribution in [1.29, 1.82) is 0 Å². The van der Waals surface area contributed by atoms with E-state index in [1.807, 2.05) is 32.3 Å². The van der Waals surface area contributed by atoms with Gasteiger partial charge in [-0.05, 0) is 26.3 Å². The maximum atomic E-state index is 11.1. The molecule has 0 radical (unpaired) electrons. The van der Waals surface area contributed by atoms with Gasteiger partial charge in [0.25, 0.3) is 0 Å². The quantitative estimate of drug-likeness (QED) is 0.868. The Kier molecular flexibility index (Phi) is 3.51. The second kappa shape index (κ2) is 5.20. The highest BCUT2D eigenvalue weighted by Gasteiger charge is 2.40. The van der Waals surface area contributed by atoms with Crippen LogP contribution in [0.5, 0.6) is 0 Å². The summed E-state index contributed by atoms with van der Waals surface area (Å²) in [6.45, 7) is 4.02. The van der Waals surface area contributed by atoms with Crippen molar-refractivity contribution >= 4 is 0 Å². The van der Waals surface area contributed by atoms with Gasteiger partial charge in [-0.25, -0.2) is 0 Å². The lowest BCUT2D eigenvalue weighted by Gasteiger charge is -2.40. The molecule has 3 rings (SSSR count). The molecule has 0 bridgehead atoms. The Morgan fingerprint density at radius 2 is 2.19 bits per heavy atom. The molecule has 0 unspecified atom stereocenters. The van der Waals surface area contributed by atoms with E-state index in [-0.39, 0.29) is 12.1 Å². The van der Waals surface area contributed by atoms with Crippen LogP contribution in [0, 0.1) is 6.92 Å². The molecule has 1 fully saturated rings. The second-order valence-corrected chi connectivity index (χ2v) is 6.07. The third-order valence-electron chi connectivity index (χ3n) is 4.10. The van der Waals surface area contributed by atoms with Gasteiger partial charge in [-0.15, -0.1) is 5.10 Å². The number of aliphatic hydroxyl groups is 1. The first-order valence-corrected chi connectivity index (χ1v) is 7.24. The van der Waals surface area contributed by atoms with Crippen molar-refractivity contribution in [2.24, 2.45) is 7.05 Å². The fraction of sp³-hybridized carbons (Fsp3) is 0.533. The lowest BCUT2D eigenvalue weighted by Crippen LogP contribution is -2.47. The zero-order valence-corrected chi connectivity index (χ0v) is 12.6. The number of nitrogens with zero attached hydrogens (tertiary/aromatic N) is 4. The summed E-state index contributed by atoms with van der Waals surface area (Å²) in [6, 6.07) is 4.09. The van der Waals surface area contributed by atoms with E-state index in [1.54, 1.807) is 10.9 Å². The van der Waals surface area contributed by atoms with Crippen molar-refractivity contribution in [2.75, 3.05) is 0 Å². The molecule has 0 saturated carbocycles. The molecule has 21 heavy (non-hydrogen) atoms. The van der Waals surface area contributed by atoms with Gasteiger partial charge in [0.15, 0.2) is 0 Å². The summed E-state index contributed by atoms with van der Waals surface area (Å²) >= 11 is 0. The number of hydrogen-bond donors (Lipinski definition) is 2. The first-order valence-electron chi connectivity index (χ1n) is 7.24. The first-order chi connectivity index (χ1) is 9.96. The SMILES string of the molecule is Cc1ccc([C@@]2(O)C[C@@H](c3cn(C)nn3)N[C@@H](C)C2)cn1. The van der Waals surface area contributed by atoms with Gasteiger partial charge < -0.3 is 10.4 Å². The second-order valence-electron chi connectivity index (χ2n) is 6.07. The number of pyridine rings is 1. The van der Waals surface area contributed by atoms with Crippen LogP contribution in [-0.4, -0.2) is 31.1 Å². The number of hydrogen-bond acceptors (Lipinski definition) is 5. The Hall–Kier alpha value is -1.79. The van der Waals surface area contributed by atoms with E-state index >= 15 is 0 Å². The molecule has 3 atom stereocenters. The molecule has 1 aliphatic heterocycles. The molecule has 2 N–H and O–H groups in total. The van der Waals surface area contributed by atoms with Crippen LogP contribution in [0.3, 0.4) is 0 Å². The van der Waals surface area contributed by atoms with Crippen LogP contribution >= 0.6 is 0 Å². The molecule has 6 heteroatoms. The Morgan fingerprint density at radius 1 is 1.38 bits per heavy atom. The van der Waals surface area contributed by atoms with Crippen LogP contribution < -0.4 is 5.32 Å². The van der Waals surface area contributed by atoms with Gasteiger partial charge in [-0.1, -0.05) is 11.3 Å². The average Bonchev–Trinajstić information content (AvgIpc) is 2.85.